The molecule has 0 radical (unpaired) electrons. The van der Waals surface area contributed by atoms with E-state index < -0.39 is 8.07 Å². The number of hydrogen-bond acceptors (Lipinski definition) is 3. The zero-order chi connectivity index (χ0) is 42.5. The number of rotatable bonds is 9. The van der Waals surface area contributed by atoms with Gasteiger partial charge in [0.25, 0.3) is 0 Å². The van der Waals surface area contributed by atoms with Crippen molar-refractivity contribution in [2.45, 2.75) is 0 Å². The Kier molecular flexibility index (Phi) is 9.17. The maximum absolute atomic E-state index is 6.65. The largest absolute Gasteiger partial charge is 0.456 e. The molecule has 0 fully saturated rings. The Labute approximate surface area is 372 Å². The molecular weight excluding hydrogens is 795 g/mol. The molecule has 0 unspecified atom stereocenters. The van der Waals surface area contributed by atoms with Crippen LogP contribution in [0.4, 0.5) is 17.1 Å². The van der Waals surface area contributed by atoms with Gasteiger partial charge in [-0.2, -0.15) is 0 Å². The van der Waals surface area contributed by atoms with E-state index in [1.165, 1.54) is 26.3 Å². The predicted octanol–water partition coefficient (Wildman–Crippen LogP) is 13.7. The molecule has 0 aliphatic carbocycles. The first-order chi connectivity index (χ1) is 31.7. The molecule has 0 bridgehead atoms. The van der Waals surface area contributed by atoms with Crippen LogP contribution in [0.5, 0.6) is 0 Å². The van der Waals surface area contributed by atoms with Gasteiger partial charge in [0.1, 0.15) is 16.7 Å². The van der Waals surface area contributed by atoms with E-state index in [9.17, 15) is 0 Å². The number of fused-ring (bicyclic) bond motifs is 6. The van der Waals surface area contributed by atoms with Gasteiger partial charge < -0.3 is 13.7 Å². The normalized spacial score (nSPS) is 11.8. The lowest BCUT2D eigenvalue weighted by molar-refractivity contribution is 0.668. The summed E-state index contributed by atoms with van der Waals surface area (Å²) in [6, 6.07) is 89.8. The van der Waals surface area contributed by atoms with Crippen molar-refractivity contribution in [1.29, 1.82) is 0 Å². The zero-order valence-electron chi connectivity index (χ0n) is 34.9. The van der Waals surface area contributed by atoms with Gasteiger partial charge in [0.05, 0.1) is 5.69 Å². The Balaban J connectivity index is 0.936. The molecule has 0 saturated carbocycles. The average molecular weight is 836 g/mol. The molecule has 2 heterocycles. The fourth-order valence-electron chi connectivity index (χ4n) is 9.82. The molecule has 2 aromatic heterocycles. The number of nitrogens with zero attached hydrogens (tertiary/aromatic N) is 1. The minimum atomic E-state index is -2.62. The fraction of sp³-hybridized carbons (Fsp3) is 0. The Morgan fingerprint density at radius 2 is 0.688 bits per heavy atom. The lowest BCUT2D eigenvalue weighted by Crippen LogP contribution is -2.74. The van der Waals surface area contributed by atoms with Gasteiger partial charge in [0.2, 0.25) is 0 Å². The van der Waals surface area contributed by atoms with Crippen molar-refractivity contribution in [2.24, 2.45) is 0 Å². The van der Waals surface area contributed by atoms with E-state index in [-0.39, 0.29) is 0 Å². The quantitative estimate of drug-likeness (QED) is 0.107. The molecule has 0 aliphatic rings. The molecule has 10 aromatic carbocycles. The van der Waals surface area contributed by atoms with Crippen molar-refractivity contribution in [2.75, 3.05) is 4.90 Å². The number of benzene rings is 10. The summed E-state index contributed by atoms with van der Waals surface area (Å²) in [5.41, 5.74) is 11.1. The summed E-state index contributed by atoms with van der Waals surface area (Å²) in [6.07, 6.45) is 0. The summed E-state index contributed by atoms with van der Waals surface area (Å²) in [5, 5.41) is 9.90. The van der Waals surface area contributed by atoms with Crippen molar-refractivity contribution in [3.8, 4) is 22.3 Å². The molecule has 0 N–H and O–H groups in total. The fourth-order valence-corrected chi connectivity index (χ4v) is 14.6. The van der Waals surface area contributed by atoms with Crippen LogP contribution >= 0.6 is 0 Å². The summed E-state index contributed by atoms with van der Waals surface area (Å²) in [4.78, 5) is 2.31. The Bertz CT molecular complexity index is 3480. The van der Waals surface area contributed by atoms with Gasteiger partial charge in [-0.3, -0.25) is 0 Å². The van der Waals surface area contributed by atoms with Crippen LogP contribution in [0.15, 0.2) is 258 Å². The number of anilines is 3. The molecule has 0 saturated heterocycles. The van der Waals surface area contributed by atoms with Gasteiger partial charge in [0, 0.05) is 32.9 Å². The van der Waals surface area contributed by atoms with Gasteiger partial charge in [-0.25, -0.2) is 0 Å². The molecule has 12 rings (SSSR count). The highest BCUT2D eigenvalue weighted by atomic mass is 28.3. The van der Waals surface area contributed by atoms with Crippen LogP contribution in [0.25, 0.3) is 66.1 Å². The molecule has 0 spiro atoms. The van der Waals surface area contributed by atoms with Gasteiger partial charge in [-0.1, -0.05) is 194 Å². The van der Waals surface area contributed by atoms with Gasteiger partial charge in [-0.15, -0.1) is 0 Å². The van der Waals surface area contributed by atoms with Gasteiger partial charge in [-0.05, 0) is 97.6 Å². The minimum Gasteiger partial charge on any atom is -0.456 e. The molecule has 64 heavy (non-hydrogen) atoms. The van der Waals surface area contributed by atoms with Crippen molar-refractivity contribution in [1.82, 2.24) is 0 Å². The minimum absolute atomic E-state index is 0.852. The van der Waals surface area contributed by atoms with Gasteiger partial charge >= 0.3 is 0 Å². The number of para-hydroxylation sites is 3. The highest BCUT2D eigenvalue weighted by Gasteiger charge is 2.41. The van der Waals surface area contributed by atoms with E-state index in [0.29, 0.717) is 0 Å². The molecule has 0 atom stereocenters. The van der Waals surface area contributed by atoms with Crippen LogP contribution < -0.4 is 25.6 Å². The second-order valence-corrected chi connectivity index (χ2v) is 20.2. The lowest BCUT2D eigenvalue weighted by atomic mass is 10.0. The highest BCUT2D eigenvalue weighted by Crippen LogP contribution is 2.43. The highest BCUT2D eigenvalue weighted by molar-refractivity contribution is 7.19. The van der Waals surface area contributed by atoms with Crippen molar-refractivity contribution in [3.63, 3.8) is 0 Å². The Morgan fingerprint density at radius 3 is 1.25 bits per heavy atom. The zero-order valence-corrected chi connectivity index (χ0v) is 35.9. The monoisotopic (exact) mass is 835 g/mol. The van der Waals surface area contributed by atoms with Crippen molar-refractivity contribution >= 4 is 89.8 Å². The molecule has 302 valence electrons. The molecule has 3 nitrogen and oxygen atoms in total. The maximum Gasteiger partial charge on any atom is 0.179 e. The van der Waals surface area contributed by atoms with Crippen molar-refractivity contribution < 1.29 is 8.83 Å². The third-order valence-electron chi connectivity index (χ3n) is 12.9. The van der Waals surface area contributed by atoms with E-state index in [0.717, 1.165) is 77.6 Å². The molecule has 4 heteroatoms. The van der Waals surface area contributed by atoms with Gasteiger partial charge in [0.15, 0.2) is 13.7 Å². The summed E-state index contributed by atoms with van der Waals surface area (Å²) in [6.45, 7) is 0. The summed E-state index contributed by atoms with van der Waals surface area (Å²) >= 11 is 0. The second kappa shape index (κ2) is 15.6. The summed E-state index contributed by atoms with van der Waals surface area (Å²) in [7, 11) is -2.62. The van der Waals surface area contributed by atoms with E-state index in [1.54, 1.807) is 0 Å². The van der Waals surface area contributed by atoms with Crippen LogP contribution in [0.1, 0.15) is 0 Å². The standard InChI is InChI=1S/C60H41NO2Si/c1-4-15-48(16-5-1)64(49-17-6-2-7-18-49,50-19-8-3-9-20-50)51-38-31-43(32-39-51)42-27-34-46(35-28-42)61(56-24-14-23-55-53-22-11-13-26-58(53)63-60(55)56)47-36-29-44(30-37-47)45-33-40-54-52-21-10-12-25-57(52)62-59(54)41-45/h1-41H. The first-order valence-electron chi connectivity index (χ1n) is 21.8. The first kappa shape index (κ1) is 37.6. The molecular formula is C60H41NO2Si. The second-order valence-electron chi connectivity index (χ2n) is 16.4. The molecule has 0 amide bonds. The third-order valence-corrected chi connectivity index (χ3v) is 17.7. The first-order valence-corrected chi connectivity index (χ1v) is 23.8. The van der Waals surface area contributed by atoms with E-state index in [4.69, 9.17) is 8.83 Å². The Hall–Kier alpha value is -8.18. The van der Waals surface area contributed by atoms with E-state index >= 15 is 0 Å². The van der Waals surface area contributed by atoms with Crippen LogP contribution in [0.3, 0.4) is 0 Å². The SMILES string of the molecule is c1ccc([Si](c2ccccc2)(c2ccccc2)c2ccc(-c3ccc(N(c4ccc(-c5ccc6c(c5)oc5ccccc56)cc4)c4cccc5c4oc4ccccc45)cc3)cc2)cc1. The summed E-state index contributed by atoms with van der Waals surface area (Å²) in [5.74, 6) is 0. The lowest BCUT2D eigenvalue weighted by Gasteiger charge is -2.34. The average Bonchev–Trinajstić information content (AvgIpc) is 3.95. The number of furan rings is 2. The smallest absolute Gasteiger partial charge is 0.179 e. The topological polar surface area (TPSA) is 29.5 Å². The van der Waals surface area contributed by atoms with Crippen LogP contribution in [0, 0.1) is 0 Å². The van der Waals surface area contributed by atoms with Crippen LogP contribution in [-0.4, -0.2) is 8.07 Å². The van der Waals surface area contributed by atoms with E-state index in [2.05, 4.69) is 229 Å². The molecule has 0 aliphatic heterocycles. The maximum atomic E-state index is 6.65. The van der Waals surface area contributed by atoms with Crippen LogP contribution in [0.2, 0.25) is 0 Å². The predicted molar refractivity (Wildman–Crippen MR) is 270 cm³/mol. The number of hydrogen-bond donors (Lipinski definition) is 0. The third kappa shape index (κ3) is 6.26. The van der Waals surface area contributed by atoms with Crippen LogP contribution in [-0.2, 0) is 0 Å². The summed E-state index contributed by atoms with van der Waals surface area (Å²) < 4.78 is 12.9. The van der Waals surface area contributed by atoms with Crippen molar-refractivity contribution in [3.05, 3.63) is 249 Å². The Morgan fingerprint density at radius 1 is 0.281 bits per heavy atom. The van der Waals surface area contributed by atoms with E-state index in [1.807, 2.05) is 24.3 Å². The molecule has 12 aromatic rings.